The average Bonchev–Trinajstić information content (AvgIpc) is 3.26. The maximum absolute atomic E-state index is 12.6. The number of anilines is 2. The maximum atomic E-state index is 12.6. The van der Waals surface area contributed by atoms with E-state index < -0.39 is 28.0 Å². The van der Waals surface area contributed by atoms with Crippen molar-refractivity contribution in [2.75, 3.05) is 10.0 Å². The van der Waals surface area contributed by atoms with Crippen LogP contribution in [-0.4, -0.2) is 26.4 Å². The van der Waals surface area contributed by atoms with Crippen LogP contribution in [0.3, 0.4) is 0 Å². The molecule has 0 aliphatic carbocycles. The van der Waals surface area contributed by atoms with Gasteiger partial charge in [-0.2, -0.15) is 0 Å². The van der Waals surface area contributed by atoms with E-state index in [-0.39, 0.29) is 20.5 Å². The van der Waals surface area contributed by atoms with Crippen molar-refractivity contribution in [3.8, 4) is 0 Å². The lowest BCUT2D eigenvalue weighted by atomic mass is 10.2. The molecule has 1 amide bonds. The first-order valence-electron chi connectivity index (χ1n) is 8.79. The van der Waals surface area contributed by atoms with Crippen molar-refractivity contribution < 1.29 is 22.7 Å². The molecule has 0 fully saturated rings. The number of hydrogen-bond donors (Lipinski definition) is 2. The molecule has 1 atom stereocenters. The fourth-order valence-electron chi connectivity index (χ4n) is 2.46. The van der Waals surface area contributed by atoms with E-state index in [1.165, 1.54) is 37.3 Å². The van der Waals surface area contributed by atoms with Crippen molar-refractivity contribution in [3.05, 3.63) is 75.6 Å². The van der Waals surface area contributed by atoms with Crippen LogP contribution in [0.15, 0.2) is 64.2 Å². The summed E-state index contributed by atoms with van der Waals surface area (Å²) in [6.45, 7) is 1.38. The zero-order chi connectivity index (χ0) is 22.6. The second-order valence-electron chi connectivity index (χ2n) is 6.24. The Morgan fingerprint density at radius 2 is 1.77 bits per heavy atom. The number of sulfonamides is 1. The quantitative estimate of drug-likeness (QED) is 0.444. The SMILES string of the molecule is CC(OC(=O)c1ccccc1NS(=O)(=O)c1cccs1)C(=O)Nc1ccc(Cl)cc1Cl. The Kier molecular flexibility index (Phi) is 7.22. The summed E-state index contributed by atoms with van der Waals surface area (Å²) < 4.78 is 32.7. The Morgan fingerprint density at radius 3 is 2.45 bits per heavy atom. The third-order valence-electron chi connectivity index (χ3n) is 3.99. The molecule has 3 aromatic rings. The largest absolute Gasteiger partial charge is 0.449 e. The number of halogens is 2. The third-order valence-corrected chi connectivity index (χ3v) is 7.30. The van der Waals surface area contributed by atoms with E-state index in [4.69, 9.17) is 27.9 Å². The minimum atomic E-state index is -3.86. The van der Waals surface area contributed by atoms with Crippen molar-refractivity contribution in [2.24, 2.45) is 0 Å². The van der Waals surface area contributed by atoms with Gasteiger partial charge >= 0.3 is 5.97 Å². The summed E-state index contributed by atoms with van der Waals surface area (Å²) in [6.07, 6.45) is -1.18. The molecule has 0 bridgehead atoms. The molecular formula is C20H16Cl2N2O5S2. The molecule has 7 nitrogen and oxygen atoms in total. The topological polar surface area (TPSA) is 102 Å². The molecule has 1 aromatic heterocycles. The van der Waals surface area contributed by atoms with Gasteiger partial charge in [0, 0.05) is 5.02 Å². The Morgan fingerprint density at radius 1 is 1.03 bits per heavy atom. The van der Waals surface area contributed by atoms with Gasteiger partial charge in [-0.3, -0.25) is 9.52 Å². The van der Waals surface area contributed by atoms with Crippen molar-refractivity contribution in [3.63, 3.8) is 0 Å². The summed E-state index contributed by atoms with van der Waals surface area (Å²) in [4.78, 5) is 25.0. The minimum absolute atomic E-state index is 0.0354. The van der Waals surface area contributed by atoms with Gasteiger partial charge in [0.1, 0.15) is 4.21 Å². The van der Waals surface area contributed by atoms with Crippen molar-refractivity contribution >= 4 is 67.8 Å². The summed E-state index contributed by atoms with van der Waals surface area (Å²) in [5.74, 6) is -1.48. The number of rotatable bonds is 7. The molecule has 0 saturated carbocycles. The van der Waals surface area contributed by atoms with Gasteiger partial charge in [-0.05, 0) is 48.7 Å². The second-order valence-corrected chi connectivity index (χ2v) is 9.94. The van der Waals surface area contributed by atoms with Gasteiger partial charge in [0.25, 0.3) is 15.9 Å². The van der Waals surface area contributed by atoms with Crippen LogP contribution in [-0.2, 0) is 19.6 Å². The molecule has 31 heavy (non-hydrogen) atoms. The highest BCUT2D eigenvalue weighted by Gasteiger charge is 2.24. The average molecular weight is 499 g/mol. The molecule has 0 saturated heterocycles. The summed E-state index contributed by atoms with van der Waals surface area (Å²) in [7, 11) is -3.86. The Labute approximate surface area is 193 Å². The van der Waals surface area contributed by atoms with E-state index in [0.29, 0.717) is 10.7 Å². The van der Waals surface area contributed by atoms with Crippen LogP contribution in [0.1, 0.15) is 17.3 Å². The standard InChI is InChI=1S/C20H16Cl2N2O5S2/c1-12(19(25)23-17-9-8-13(21)11-15(17)22)29-20(26)14-5-2-3-6-16(14)24-31(27,28)18-7-4-10-30-18/h2-12,24H,1H3,(H,23,25). The van der Waals surface area contributed by atoms with Gasteiger partial charge in [-0.15, -0.1) is 11.3 Å². The fraction of sp³-hybridized carbons (Fsp3) is 0.100. The van der Waals surface area contributed by atoms with Gasteiger partial charge < -0.3 is 10.1 Å². The maximum Gasteiger partial charge on any atom is 0.341 e. The van der Waals surface area contributed by atoms with E-state index in [9.17, 15) is 18.0 Å². The number of thiophene rings is 1. The van der Waals surface area contributed by atoms with Crippen LogP contribution in [0.4, 0.5) is 11.4 Å². The number of carbonyl (C=O) groups excluding carboxylic acids is 2. The lowest BCUT2D eigenvalue weighted by molar-refractivity contribution is -0.123. The summed E-state index contributed by atoms with van der Waals surface area (Å²) >= 11 is 12.9. The number of para-hydroxylation sites is 1. The van der Waals surface area contributed by atoms with Crippen molar-refractivity contribution in [2.45, 2.75) is 17.2 Å². The number of carbonyl (C=O) groups is 2. The number of nitrogens with one attached hydrogen (secondary N) is 2. The number of esters is 1. The zero-order valence-electron chi connectivity index (χ0n) is 16.0. The number of ether oxygens (including phenoxy) is 1. The van der Waals surface area contributed by atoms with Crippen LogP contribution in [0.5, 0.6) is 0 Å². The Bertz CT molecular complexity index is 1210. The zero-order valence-corrected chi connectivity index (χ0v) is 19.1. The van der Waals surface area contributed by atoms with Crippen LogP contribution < -0.4 is 10.0 Å². The molecule has 0 aliphatic heterocycles. The van der Waals surface area contributed by atoms with E-state index >= 15 is 0 Å². The molecule has 1 heterocycles. The minimum Gasteiger partial charge on any atom is -0.449 e. The predicted octanol–water partition coefficient (Wildman–Crippen LogP) is 5.04. The predicted molar refractivity (Wildman–Crippen MR) is 122 cm³/mol. The van der Waals surface area contributed by atoms with Crippen LogP contribution >= 0.6 is 34.5 Å². The van der Waals surface area contributed by atoms with Crippen molar-refractivity contribution in [1.82, 2.24) is 0 Å². The van der Waals surface area contributed by atoms with Gasteiger partial charge in [0.2, 0.25) is 0 Å². The summed E-state index contributed by atoms with van der Waals surface area (Å²) in [5.41, 5.74) is 0.309. The van der Waals surface area contributed by atoms with E-state index in [0.717, 1.165) is 11.3 Å². The molecule has 2 N–H and O–H groups in total. The Hall–Kier alpha value is -2.59. The highest BCUT2D eigenvalue weighted by atomic mass is 35.5. The smallest absolute Gasteiger partial charge is 0.341 e. The number of benzene rings is 2. The third kappa shape index (κ3) is 5.76. The summed E-state index contributed by atoms with van der Waals surface area (Å²) in [5, 5.41) is 4.81. The molecule has 0 aliphatic rings. The van der Waals surface area contributed by atoms with E-state index in [1.807, 2.05) is 0 Å². The summed E-state index contributed by atoms with van der Waals surface area (Å²) in [6, 6.07) is 13.5. The van der Waals surface area contributed by atoms with Gasteiger partial charge in [-0.1, -0.05) is 41.4 Å². The molecule has 0 radical (unpaired) electrons. The Balaban J connectivity index is 1.72. The first-order chi connectivity index (χ1) is 14.7. The normalized spacial score (nSPS) is 12.1. The highest BCUT2D eigenvalue weighted by Crippen LogP contribution is 2.26. The van der Waals surface area contributed by atoms with Crippen LogP contribution in [0.2, 0.25) is 10.0 Å². The molecule has 1 unspecified atom stereocenters. The number of amides is 1. The second kappa shape index (κ2) is 9.69. The highest BCUT2D eigenvalue weighted by molar-refractivity contribution is 7.94. The molecule has 2 aromatic carbocycles. The first kappa shape index (κ1) is 23.1. The van der Waals surface area contributed by atoms with Gasteiger partial charge in [-0.25, -0.2) is 13.2 Å². The molecule has 11 heteroatoms. The van der Waals surface area contributed by atoms with Gasteiger partial charge in [0.15, 0.2) is 6.10 Å². The first-order valence-corrected chi connectivity index (χ1v) is 11.9. The molecule has 162 valence electrons. The van der Waals surface area contributed by atoms with E-state index in [1.54, 1.807) is 29.6 Å². The van der Waals surface area contributed by atoms with Gasteiger partial charge in [0.05, 0.1) is 22.0 Å². The molecule has 3 rings (SSSR count). The molecular weight excluding hydrogens is 483 g/mol. The van der Waals surface area contributed by atoms with E-state index in [2.05, 4.69) is 10.0 Å². The monoisotopic (exact) mass is 498 g/mol. The molecule has 0 spiro atoms. The van der Waals surface area contributed by atoms with Crippen LogP contribution in [0, 0.1) is 0 Å². The lowest BCUT2D eigenvalue weighted by Crippen LogP contribution is -2.30. The fourth-order valence-corrected chi connectivity index (χ4v) is 4.99. The van der Waals surface area contributed by atoms with Crippen molar-refractivity contribution in [1.29, 1.82) is 0 Å². The van der Waals surface area contributed by atoms with Crippen LogP contribution in [0.25, 0.3) is 0 Å². The number of hydrogen-bond acceptors (Lipinski definition) is 6. The lowest BCUT2D eigenvalue weighted by Gasteiger charge is -2.16.